The van der Waals surface area contributed by atoms with Crippen molar-refractivity contribution in [2.24, 2.45) is 17.8 Å². The fourth-order valence-electron chi connectivity index (χ4n) is 9.89. The zero-order valence-electron chi connectivity index (χ0n) is 40.8. The van der Waals surface area contributed by atoms with E-state index in [0.717, 1.165) is 0 Å². The van der Waals surface area contributed by atoms with E-state index < -0.39 is 96.0 Å². The van der Waals surface area contributed by atoms with E-state index in [1.54, 1.807) is 59.9 Å². The Kier molecular flexibility index (Phi) is 18.6. The zero-order valence-corrected chi connectivity index (χ0v) is 40.8. The fourth-order valence-corrected chi connectivity index (χ4v) is 9.89. The normalized spacial score (nSPS) is 42.8. The first kappa shape index (κ1) is 53.3. The highest BCUT2D eigenvalue weighted by Gasteiger charge is 2.53. The van der Waals surface area contributed by atoms with Gasteiger partial charge in [0, 0.05) is 38.1 Å². The van der Waals surface area contributed by atoms with Gasteiger partial charge in [-0.2, -0.15) is 0 Å². The number of benzene rings is 1. The number of ether oxygens (including phenoxy) is 9. The Morgan fingerprint density at radius 3 is 2.19 bits per heavy atom. The number of methoxy groups -OCH3 is 2. The smallest absolute Gasteiger partial charge is 0.311 e. The number of hydrogen-bond acceptors (Lipinski definition) is 16. The van der Waals surface area contributed by atoms with Crippen molar-refractivity contribution in [1.29, 1.82) is 0 Å². The van der Waals surface area contributed by atoms with Gasteiger partial charge in [-0.25, -0.2) is 0 Å². The van der Waals surface area contributed by atoms with Gasteiger partial charge in [0.05, 0.1) is 60.8 Å². The maximum absolute atomic E-state index is 14.5. The van der Waals surface area contributed by atoms with E-state index in [4.69, 9.17) is 42.6 Å². The van der Waals surface area contributed by atoms with E-state index in [9.17, 15) is 25.2 Å². The molecule has 5 N–H and O–H groups in total. The van der Waals surface area contributed by atoms with Gasteiger partial charge >= 0.3 is 5.97 Å². The quantitative estimate of drug-likeness (QED) is 0.185. The van der Waals surface area contributed by atoms with Crippen molar-refractivity contribution < 1.29 is 67.9 Å². The van der Waals surface area contributed by atoms with E-state index in [1.807, 2.05) is 60.5 Å². The lowest BCUT2D eigenvalue weighted by Crippen LogP contribution is -2.61. The van der Waals surface area contributed by atoms with Crippen LogP contribution in [0.3, 0.4) is 0 Å². The van der Waals surface area contributed by atoms with Crippen LogP contribution < -0.4 is 19.5 Å². The number of hydrogen-bond donors (Lipinski definition) is 5. The third-order valence-electron chi connectivity index (χ3n) is 13.7. The molecule has 3 heterocycles. The third kappa shape index (κ3) is 12.6. The van der Waals surface area contributed by atoms with Crippen LogP contribution in [0.1, 0.15) is 109 Å². The predicted molar refractivity (Wildman–Crippen MR) is 237 cm³/mol. The molecule has 0 saturated carbocycles. The Morgan fingerprint density at radius 1 is 0.937 bits per heavy atom. The van der Waals surface area contributed by atoms with Gasteiger partial charge in [0.25, 0.3) is 0 Å². The van der Waals surface area contributed by atoms with Crippen LogP contribution in [-0.2, 0) is 33.2 Å². The number of carbonyl (C=O) groups excluding carboxylic acids is 1. The molecule has 1 aromatic rings. The molecule has 4 rings (SSSR count). The minimum atomic E-state index is -1.82. The molecular weight excluding hydrogens is 817 g/mol. The summed E-state index contributed by atoms with van der Waals surface area (Å²) in [5, 5.41) is 50.9. The molecule has 364 valence electrons. The summed E-state index contributed by atoms with van der Waals surface area (Å²) in [4.78, 5) is 16.4. The maximum Gasteiger partial charge on any atom is 0.311 e. The molecule has 0 aliphatic carbocycles. The predicted octanol–water partition coefficient (Wildman–Crippen LogP) is 4.44. The molecule has 18 atom stereocenters. The van der Waals surface area contributed by atoms with Crippen molar-refractivity contribution in [3.05, 3.63) is 18.2 Å². The fraction of sp³-hybridized carbons (Fsp3) is 0.851. The third-order valence-corrected chi connectivity index (χ3v) is 13.7. The number of aliphatic hydroxyl groups excluding tert-OH is 2. The van der Waals surface area contributed by atoms with Gasteiger partial charge in [0.15, 0.2) is 30.2 Å². The van der Waals surface area contributed by atoms with Gasteiger partial charge in [0.2, 0.25) is 0 Å². The van der Waals surface area contributed by atoms with Crippen LogP contribution in [0.4, 0.5) is 0 Å². The second-order valence-corrected chi connectivity index (χ2v) is 19.6. The lowest BCUT2D eigenvalue weighted by Gasteiger charge is -2.48. The zero-order chi connectivity index (χ0) is 47.4. The number of likely N-dealkylation sites (N-methyl/N-ethyl adjacent to an activating group) is 2. The molecule has 0 bridgehead atoms. The monoisotopic (exact) mass is 899 g/mol. The molecule has 0 unspecified atom stereocenters. The molecule has 0 spiro atoms. The van der Waals surface area contributed by atoms with Crippen LogP contribution in [0.25, 0.3) is 0 Å². The van der Waals surface area contributed by atoms with E-state index in [1.165, 1.54) is 14.0 Å². The summed E-state index contributed by atoms with van der Waals surface area (Å²) in [6.45, 7) is 22.1. The van der Waals surface area contributed by atoms with Crippen molar-refractivity contribution in [1.82, 2.24) is 10.2 Å². The Morgan fingerprint density at radius 2 is 1.60 bits per heavy atom. The average Bonchev–Trinajstić information content (AvgIpc) is 3.21. The van der Waals surface area contributed by atoms with Crippen molar-refractivity contribution in [3.8, 4) is 17.2 Å². The molecule has 0 radical (unpaired) electrons. The highest BCUT2D eigenvalue weighted by atomic mass is 16.7. The number of carbonyl (C=O) groups is 1. The Balaban J connectivity index is 1.87. The highest BCUT2D eigenvalue weighted by molar-refractivity contribution is 5.73. The first-order valence-corrected chi connectivity index (χ1v) is 22.9. The molecular formula is C47H82N2O14. The molecule has 3 fully saturated rings. The Bertz CT molecular complexity index is 1600. The molecule has 1 aromatic carbocycles. The number of esters is 1. The molecule has 3 aliphatic heterocycles. The number of cyclic esters (lactones) is 1. The number of nitrogens with one attached hydrogen (secondary N) is 1. The van der Waals surface area contributed by atoms with Crippen LogP contribution in [0.2, 0.25) is 0 Å². The molecule has 0 aromatic heterocycles. The topological polar surface area (TPSA) is 196 Å². The van der Waals surface area contributed by atoms with E-state index in [2.05, 4.69) is 5.32 Å². The minimum absolute atomic E-state index is 0.120. The molecule has 63 heavy (non-hydrogen) atoms. The average molecular weight is 899 g/mol. The highest BCUT2D eigenvalue weighted by Crippen LogP contribution is 2.41. The SMILES string of the molecule is CC[C@H]1OC(=O)[C@H](C)[C@@H](O[C@H]2C[C@@](C)(OC)[C@@H](O)[C@H](C)O2)[C@H](C)[C@@H](O[C@@H]2O[C@H](C)C[C@H](NC)[C@H]2Oc2ccc(OC)c(OC(C)C)c2)[C@](C)(O)C[C@@H](C)CN(C)[C@H](C)[C@@H](O)[C@]1(C)O. The first-order chi connectivity index (χ1) is 29.3. The minimum Gasteiger partial charge on any atom is -0.493 e. The van der Waals surface area contributed by atoms with Crippen molar-refractivity contribution in [3.63, 3.8) is 0 Å². The van der Waals surface area contributed by atoms with E-state index in [0.29, 0.717) is 30.2 Å². The summed E-state index contributed by atoms with van der Waals surface area (Å²) >= 11 is 0. The number of aliphatic hydroxyl groups is 4. The lowest BCUT2D eigenvalue weighted by molar-refractivity contribution is -0.314. The summed E-state index contributed by atoms with van der Waals surface area (Å²) in [5.41, 5.74) is -4.46. The van der Waals surface area contributed by atoms with E-state index in [-0.39, 0.29) is 43.4 Å². The van der Waals surface area contributed by atoms with Crippen LogP contribution in [0.15, 0.2) is 18.2 Å². The van der Waals surface area contributed by atoms with Crippen LogP contribution in [0, 0.1) is 17.8 Å². The summed E-state index contributed by atoms with van der Waals surface area (Å²) in [6.07, 6.45) is -8.15. The summed E-state index contributed by atoms with van der Waals surface area (Å²) in [7, 11) is 6.80. The Labute approximate surface area is 376 Å². The van der Waals surface area contributed by atoms with E-state index >= 15 is 0 Å². The summed E-state index contributed by atoms with van der Waals surface area (Å²) in [6, 6.07) is 4.53. The second kappa shape index (κ2) is 22.0. The molecule has 3 aliphatic rings. The van der Waals surface area contributed by atoms with Crippen molar-refractivity contribution in [2.75, 3.05) is 34.9 Å². The lowest BCUT2D eigenvalue weighted by atomic mass is 9.77. The van der Waals surface area contributed by atoms with Gasteiger partial charge < -0.3 is 73.3 Å². The van der Waals surface area contributed by atoms with Crippen LogP contribution >= 0.6 is 0 Å². The van der Waals surface area contributed by atoms with Gasteiger partial charge in [-0.3, -0.25) is 4.79 Å². The summed E-state index contributed by atoms with van der Waals surface area (Å²) in [5.74, 6) is -1.11. The van der Waals surface area contributed by atoms with Gasteiger partial charge in [-0.05, 0) is 114 Å². The van der Waals surface area contributed by atoms with Crippen LogP contribution in [-0.4, -0.2) is 163 Å². The number of rotatable bonds is 12. The molecule has 3 saturated heterocycles. The second-order valence-electron chi connectivity index (χ2n) is 19.6. The number of nitrogens with zero attached hydrogens (tertiary/aromatic N) is 1. The van der Waals surface area contributed by atoms with Gasteiger partial charge in [-0.15, -0.1) is 0 Å². The summed E-state index contributed by atoms with van der Waals surface area (Å²) < 4.78 is 57.2. The Hall–Kier alpha value is -2.35. The first-order valence-electron chi connectivity index (χ1n) is 22.9. The largest absolute Gasteiger partial charge is 0.493 e. The molecule has 16 nitrogen and oxygen atoms in total. The van der Waals surface area contributed by atoms with Crippen LogP contribution in [0.5, 0.6) is 17.2 Å². The molecule has 16 heteroatoms. The van der Waals surface area contributed by atoms with Crippen molar-refractivity contribution in [2.45, 2.75) is 205 Å². The maximum atomic E-state index is 14.5. The van der Waals surface area contributed by atoms with Gasteiger partial charge in [-0.1, -0.05) is 20.8 Å². The molecule has 0 amide bonds. The standard InChI is InChI=1S/C47H82N2O14/c1-17-36-47(12,54)40(50)30(8)49(14)24-26(4)22-45(10,53)42(28(6)38(29(7)43(52)61-36)62-37-23-46(11,56-16)41(51)31(9)59-37)63-44-39(33(48-13)20-27(5)58-44)60-32-18-19-34(55-15)35(21-32)57-25(2)3/h18-19,21,25-31,33,36-42,44,48,50-51,53-54H,17,20,22-24H2,1-16H3/t26-,27-,28+,29-,30-,31+,33+,36-,37+,38+,39-,40-,41+,42-,44+,45-,46-,47-/m1/s1. The van der Waals surface area contributed by atoms with Gasteiger partial charge in [0.1, 0.15) is 29.7 Å². The van der Waals surface area contributed by atoms with Crippen molar-refractivity contribution >= 4 is 5.97 Å².